The van der Waals surface area contributed by atoms with Gasteiger partial charge in [0.05, 0.1) is 0 Å². The molecule has 0 aromatic heterocycles. The van der Waals surface area contributed by atoms with Crippen molar-refractivity contribution in [1.29, 1.82) is 0 Å². The molecule has 0 bridgehead atoms. The minimum atomic E-state index is 1.17. The molecule has 0 saturated carbocycles. The van der Waals surface area contributed by atoms with Gasteiger partial charge < -0.3 is 15.1 Å². The van der Waals surface area contributed by atoms with Crippen LogP contribution < -0.4 is 5.32 Å². The molecule has 0 atom stereocenters. The summed E-state index contributed by atoms with van der Waals surface area (Å²) in [6.07, 6.45) is 2.60. The summed E-state index contributed by atoms with van der Waals surface area (Å²) in [6.45, 7) is 16.1. The fraction of sp³-hybridized carbons (Fsp3) is 1.00. The second-order valence-corrected chi connectivity index (χ2v) is 5.63. The molecule has 2 aliphatic rings. The van der Waals surface area contributed by atoms with Crippen LogP contribution in [0.2, 0.25) is 0 Å². The lowest BCUT2D eigenvalue weighted by Crippen LogP contribution is -2.48. The Balaban J connectivity index is 1.59. The highest BCUT2D eigenvalue weighted by Gasteiger charge is 2.16. The monoisotopic (exact) mass is 254 g/mol. The molecule has 2 saturated heterocycles. The summed E-state index contributed by atoms with van der Waals surface area (Å²) in [5, 5.41) is 3.47. The molecule has 0 amide bonds. The average molecular weight is 254 g/mol. The fourth-order valence-corrected chi connectivity index (χ4v) is 2.96. The lowest BCUT2D eigenvalue weighted by Gasteiger charge is -2.35. The zero-order valence-corrected chi connectivity index (χ0v) is 12.0. The van der Waals surface area contributed by atoms with Crippen molar-refractivity contribution in [3.05, 3.63) is 0 Å². The van der Waals surface area contributed by atoms with Crippen molar-refractivity contribution in [1.82, 2.24) is 20.0 Å². The zero-order valence-electron chi connectivity index (χ0n) is 12.0. The second-order valence-electron chi connectivity index (χ2n) is 5.63. The number of nitrogens with zero attached hydrogens (tertiary/aromatic N) is 3. The van der Waals surface area contributed by atoms with E-state index in [4.69, 9.17) is 0 Å². The van der Waals surface area contributed by atoms with Gasteiger partial charge in [0.2, 0.25) is 0 Å². The topological polar surface area (TPSA) is 21.8 Å². The van der Waals surface area contributed by atoms with Gasteiger partial charge in [-0.3, -0.25) is 4.90 Å². The lowest BCUT2D eigenvalue weighted by atomic mass is 10.3. The molecule has 106 valence electrons. The number of hydrogen-bond donors (Lipinski definition) is 1. The van der Waals surface area contributed by atoms with Gasteiger partial charge in [0.1, 0.15) is 0 Å². The summed E-state index contributed by atoms with van der Waals surface area (Å²) in [4.78, 5) is 7.87. The Morgan fingerprint density at radius 3 is 2.00 bits per heavy atom. The summed E-state index contributed by atoms with van der Waals surface area (Å²) in [5.74, 6) is 0. The van der Waals surface area contributed by atoms with Crippen molar-refractivity contribution < 1.29 is 0 Å². The van der Waals surface area contributed by atoms with Crippen LogP contribution in [-0.4, -0.2) is 86.7 Å². The summed E-state index contributed by atoms with van der Waals surface area (Å²) < 4.78 is 0. The Morgan fingerprint density at radius 1 is 0.722 bits per heavy atom. The molecule has 4 heteroatoms. The third-order valence-corrected chi connectivity index (χ3v) is 4.17. The predicted octanol–water partition coefficient (Wildman–Crippen LogP) is 0.309. The van der Waals surface area contributed by atoms with Gasteiger partial charge in [-0.1, -0.05) is 6.92 Å². The molecule has 0 aliphatic carbocycles. The standard InChI is InChI=1S/C14H30N4/c1-2-6-16-9-12-18(13-10-16)14-11-17-7-3-4-15-5-8-17/h15H,2-14H2,1H3. The third kappa shape index (κ3) is 4.84. The molecular formula is C14H30N4. The van der Waals surface area contributed by atoms with Crippen LogP contribution in [0, 0.1) is 0 Å². The molecule has 4 nitrogen and oxygen atoms in total. The summed E-state index contributed by atoms with van der Waals surface area (Å²) >= 11 is 0. The Hall–Kier alpha value is -0.160. The summed E-state index contributed by atoms with van der Waals surface area (Å²) in [5.41, 5.74) is 0. The van der Waals surface area contributed by atoms with E-state index in [-0.39, 0.29) is 0 Å². The first kappa shape index (κ1) is 14.3. The zero-order chi connectivity index (χ0) is 12.6. The van der Waals surface area contributed by atoms with Gasteiger partial charge in [-0.2, -0.15) is 0 Å². The van der Waals surface area contributed by atoms with Crippen molar-refractivity contribution in [2.75, 3.05) is 72.0 Å². The first-order chi connectivity index (χ1) is 8.88. The van der Waals surface area contributed by atoms with E-state index in [0.717, 1.165) is 0 Å². The Bertz CT molecular complexity index is 206. The van der Waals surface area contributed by atoms with Crippen molar-refractivity contribution in [3.63, 3.8) is 0 Å². The van der Waals surface area contributed by atoms with E-state index in [1.807, 2.05) is 0 Å². The predicted molar refractivity (Wildman–Crippen MR) is 77.1 cm³/mol. The van der Waals surface area contributed by atoms with Crippen molar-refractivity contribution in [2.24, 2.45) is 0 Å². The lowest BCUT2D eigenvalue weighted by molar-refractivity contribution is 0.119. The fourth-order valence-electron chi connectivity index (χ4n) is 2.96. The largest absolute Gasteiger partial charge is 0.315 e. The molecule has 2 heterocycles. The average Bonchev–Trinajstić information content (AvgIpc) is 2.67. The first-order valence-corrected chi connectivity index (χ1v) is 7.76. The normalized spacial score (nSPS) is 25.2. The van der Waals surface area contributed by atoms with Gasteiger partial charge in [-0.15, -0.1) is 0 Å². The number of piperazine rings is 1. The maximum absolute atomic E-state index is 3.47. The van der Waals surface area contributed by atoms with E-state index in [1.54, 1.807) is 0 Å². The molecule has 18 heavy (non-hydrogen) atoms. The van der Waals surface area contributed by atoms with Gasteiger partial charge in [-0.25, -0.2) is 0 Å². The van der Waals surface area contributed by atoms with Crippen LogP contribution in [0.25, 0.3) is 0 Å². The Morgan fingerprint density at radius 2 is 1.33 bits per heavy atom. The van der Waals surface area contributed by atoms with Gasteiger partial charge in [-0.05, 0) is 32.5 Å². The minimum absolute atomic E-state index is 1.17. The maximum atomic E-state index is 3.47. The molecule has 2 aliphatic heterocycles. The number of hydrogen-bond acceptors (Lipinski definition) is 4. The van der Waals surface area contributed by atoms with Crippen LogP contribution in [0.15, 0.2) is 0 Å². The van der Waals surface area contributed by atoms with Gasteiger partial charge >= 0.3 is 0 Å². The van der Waals surface area contributed by atoms with E-state index in [2.05, 4.69) is 26.9 Å². The smallest absolute Gasteiger partial charge is 0.0110 e. The molecule has 0 aromatic carbocycles. The number of rotatable bonds is 5. The maximum Gasteiger partial charge on any atom is 0.0110 e. The molecule has 2 fully saturated rings. The van der Waals surface area contributed by atoms with Gasteiger partial charge in [0, 0.05) is 52.4 Å². The minimum Gasteiger partial charge on any atom is -0.315 e. The van der Waals surface area contributed by atoms with E-state index in [1.165, 1.54) is 84.8 Å². The van der Waals surface area contributed by atoms with E-state index < -0.39 is 0 Å². The van der Waals surface area contributed by atoms with Crippen molar-refractivity contribution >= 4 is 0 Å². The van der Waals surface area contributed by atoms with Crippen molar-refractivity contribution in [2.45, 2.75) is 19.8 Å². The Labute approximate surface area is 112 Å². The van der Waals surface area contributed by atoms with Crippen LogP contribution in [-0.2, 0) is 0 Å². The second kappa shape index (κ2) is 8.10. The van der Waals surface area contributed by atoms with Gasteiger partial charge in [0.15, 0.2) is 0 Å². The SMILES string of the molecule is CCCN1CCN(CCN2CCCNCC2)CC1. The number of nitrogens with one attached hydrogen (secondary N) is 1. The van der Waals surface area contributed by atoms with E-state index in [9.17, 15) is 0 Å². The van der Waals surface area contributed by atoms with E-state index in [0.29, 0.717) is 0 Å². The molecule has 1 N–H and O–H groups in total. The molecule has 2 rings (SSSR count). The van der Waals surface area contributed by atoms with Crippen LogP contribution in [0.4, 0.5) is 0 Å². The molecule has 0 aromatic rings. The van der Waals surface area contributed by atoms with Crippen LogP contribution in [0.3, 0.4) is 0 Å². The van der Waals surface area contributed by atoms with Crippen LogP contribution in [0.1, 0.15) is 19.8 Å². The van der Waals surface area contributed by atoms with Gasteiger partial charge in [0.25, 0.3) is 0 Å². The Kier molecular flexibility index (Phi) is 6.41. The molecule has 0 unspecified atom stereocenters. The van der Waals surface area contributed by atoms with Crippen LogP contribution in [0.5, 0.6) is 0 Å². The third-order valence-electron chi connectivity index (χ3n) is 4.17. The first-order valence-electron chi connectivity index (χ1n) is 7.76. The highest BCUT2D eigenvalue weighted by atomic mass is 15.3. The van der Waals surface area contributed by atoms with E-state index >= 15 is 0 Å². The van der Waals surface area contributed by atoms with Crippen molar-refractivity contribution in [3.8, 4) is 0 Å². The quantitative estimate of drug-likeness (QED) is 0.762. The summed E-state index contributed by atoms with van der Waals surface area (Å²) in [6, 6.07) is 0. The molecular weight excluding hydrogens is 224 g/mol. The molecule has 0 spiro atoms. The highest BCUT2D eigenvalue weighted by molar-refractivity contribution is 4.74. The highest BCUT2D eigenvalue weighted by Crippen LogP contribution is 2.03. The summed E-state index contributed by atoms with van der Waals surface area (Å²) in [7, 11) is 0. The van der Waals surface area contributed by atoms with Crippen LogP contribution >= 0.6 is 0 Å². The molecule has 0 radical (unpaired) electrons.